The summed E-state index contributed by atoms with van der Waals surface area (Å²) < 4.78 is 3.07. The minimum absolute atomic E-state index is 0.141. The van der Waals surface area contributed by atoms with Gasteiger partial charge in [-0.05, 0) is 0 Å². The van der Waals surface area contributed by atoms with E-state index in [2.05, 4.69) is 158 Å². The van der Waals surface area contributed by atoms with Crippen LogP contribution in [0.15, 0.2) is 177 Å². The molecule has 0 saturated heterocycles. The van der Waals surface area contributed by atoms with Crippen molar-refractivity contribution < 1.29 is 23.2 Å². The van der Waals surface area contributed by atoms with Crippen LogP contribution in [0.1, 0.15) is 45.5 Å². The van der Waals surface area contributed by atoms with Crippen molar-refractivity contribution in [3.8, 4) is 22.3 Å². The molecular formula is C48H32N2Zr. The van der Waals surface area contributed by atoms with E-state index in [9.17, 15) is 0 Å². The van der Waals surface area contributed by atoms with E-state index in [4.69, 9.17) is 9.97 Å². The summed E-state index contributed by atoms with van der Waals surface area (Å²) in [5.74, 6) is 0.282. The molecule has 0 saturated carbocycles. The minimum atomic E-state index is -1.36. The Kier molecular flexibility index (Phi) is 7.54. The summed E-state index contributed by atoms with van der Waals surface area (Å²) in [6.07, 6.45) is 8.96. The van der Waals surface area contributed by atoms with Gasteiger partial charge in [-0.1, -0.05) is 0 Å². The van der Waals surface area contributed by atoms with Gasteiger partial charge in [-0.2, -0.15) is 0 Å². The fourth-order valence-electron chi connectivity index (χ4n) is 8.14. The average Bonchev–Trinajstić information content (AvgIpc) is 3.76. The fourth-order valence-corrected chi connectivity index (χ4v) is 12.2. The number of benzene rings is 6. The number of fused-ring (bicyclic) bond motifs is 4. The molecule has 0 bridgehead atoms. The van der Waals surface area contributed by atoms with E-state index < -0.39 is 23.2 Å². The molecule has 10 rings (SSSR count). The summed E-state index contributed by atoms with van der Waals surface area (Å²) in [4.78, 5) is 9.96. The molecule has 2 aliphatic rings. The summed E-state index contributed by atoms with van der Waals surface area (Å²) in [5.41, 5.74) is 12.7. The van der Waals surface area contributed by atoms with Crippen molar-refractivity contribution in [3.05, 3.63) is 210 Å². The Morgan fingerprint density at radius 3 is 1.29 bits per heavy atom. The molecule has 0 spiro atoms. The molecule has 8 aromatic rings. The standard InChI is InChI=1S/2C24H16N.Zr/c2*1-2-7-18-16-19(12-11-17(18)6-1)20-8-5-9-21-22(20)13-14-23(21)24-10-3-4-15-25-24;/h2*1-13,15-16,23H;. The molecular weight excluding hydrogens is 696 g/mol. The predicted octanol–water partition coefficient (Wildman–Crippen LogP) is 11.9. The number of hydrogen-bond donors (Lipinski definition) is 0. The third-order valence-corrected chi connectivity index (χ3v) is 14.0. The quantitative estimate of drug-likeness (QED) is 0.170. The van der Waals surface area contributed by atoms with Crippen molar-refractivity contribution >= 4 is 33.7 Å². The molecule has 51 heavy (non-hydrogen) atoms. The summed E-state index contributed by atoms with van der Waals surface area (Å²) in [7, 11) is 0. The molecule has 2 atom stereocenters. The Labute approximate surface area is 309 Å². The summed E-state index contributed by atoms with van der Waals surface area (Å²) in [6.45, 7) is 0. The van der Waals surface area contributed by atoms with Crippen LogP contribution in [0.25, 0.3) is 56.0 Å². The molecule has 0 fully saturated rings. The van der Waals surface area contributed by atoms with Gasteiger partial charge in [0.05, 0.1) is 0 Å². The van der Waals surface area contributed by atoms with Gasteiger partial charge in [0.2, 0.25) is 0 Å². The molecule has 0 amide bonds. The van der Waals surface area contributed by atoms with E-state index in [1.807, 2.05) is 24.5 Å². The number of allylic oxidation sites excluding steroid dienone is 2. The molecule has 0 radical (unpaired) electrons. The van der Waals surface area contributed by atoms with Crippen LogP contribution in [0.4, 0.5) is 0 Å². The second-order valence-corrected chi connectivity index (χ2v) is 16.9. The van der Waals surface area contributed by atoms with Gasteiger partial charge in [-0.3, -0.25) is 0 Å². The first-order valence-electron chi connectivity index (χ1n) is 17.5. The van der Waals surface area contributed by atoms with Gasteiger partial charge >= 0.3 is 311 Å². The first-order valence-corrected chi connectivity index (χ1v) is 20.0. The first-order chi connectivity index (χ1) is 25.3. The van der Waals surface area contributed by atoms with E-state index in [0.717, 1.165) is 11.4 Å². The van der Waals surface area contributed by atoms with Gasteiger partial charge < -0.3 is 0 Å². The van der Waals surface area contributed by atoms with E-state index >= 15 is 0 Å². The van der Waals surface area contributed by atoms with Gasteiger partial charge in [0, 0.05) is 0 Å². The van der Waals surface area contributed by atoms with Crippen LogP contribution in [0.5, 0.6) is 0 Å². The van der Waals surface area contributed by atoms with Crippen LogP contribution in [0.2, 0.25) is 0 Å². The zero-order chi connectivity index (χ0) is 33.7. The predicted molar refractivity (Wildman–Crippen MR) is 207 cm³/mol. The zero-order valence-corrected chi connectivity index (χ0v) is 30.3. The van der Waals surface area contributed by atoms with Gasteiger partial charge in [-0.15, -0.1) is 0 Å². The maximum atomic E-state index is 4.98. The van der Waals surface area contributed by atoms with Gasteiger partial charge in [0.25, 0.3) is 0 Å². The molecule has 2 unspecified atom stereocenters. The van der Waals surface area contributed by atoms with Crippen molar-refractivity contribution in [2.45, 2.75) is 11.8 Å². The topological polar surface area (TPSA) is 25.8 Å². The van der Waals surface area contributed by atoms with E-state index in [1.54, 1.807) is 0 Å². The normalized spacial score (nSPS) is 16.1. The van der Waals surface area contributed by atoms with Gasteiger partial charge in [0.1, 0.15) is 0 Å². The molecule has 238 valence electrons. The fraction of sp³-hybridized carbons (Fsp3) is 0.0417. The SMILES string of the molecule is C1=[C]([Zr][C]2=Cc3c(-c4ccc5ccccc5c4)cccc3C2c2ccccn2)C(c2ccccn2)c2cccc(-c3ccc4ccccc4c3)c21. The number of hydrogen-bond acceptors (Lipinski definition) is 2. The van der Waals surface area contributed by atoms with Crippen molar-refractivity contribution in [2.75, 3.05) is 0 Å². The number of nitrogens with zero attached hydrogens (tertiary/aromatic N) is 2. The van der Waals surface area contributed by atoms with Crippen LogP contribution in [-0.4, -0.2) is 9.97 Å². The molecule has 0 aliphatic heterocycles. The molecule has 0 N–H and O–H groups in total. The molecule has 2 nitrogen and oxygen atoms in total. The van der Waals surface area contributed by atoms with Crippen molar-refractivity contribution in [2.24, 2.45) is 0 Å². The van der Waals surface area contributed by atoms with Crippen LogP contribution in [-0.2, 0) is 23.2 Å². The monoisotopic (exact) mass is 726 g/mol. The number of pyridine rings is 2. The number of aromatic nitrogens is 2. The van der Waals surface area contributed by atoms with Crippen LogP contribution >= 0.6 is 0 Å². The Bertz CT molecular complexity index is 2490. The second kappa shape index (κ2) is 12.7. The Morgan fingerprint density at radius 1 is 0.392 bits per heavy atom. The molecule has 6 aromatic carbocycles. The van der Waals surface area contributed by atoms with Crippen LogP contribution in [0, 0.1) is 0 Å². The summed E-state index contributed by atoms with van der Waals surface area (Å²) in [6, 6.07) is 57.5. The Balaban J connectivity index is 1.12. The number of rotatable bonds is 6. The van der Waals surface area contributed by atoms with Crippen molar-refractivity contribution in [1.29, 1.82) is 0 Å². The van der Waals surface area contributed by atoms with Crippen molar-refractivity contribution in [3.63, 3.8) is 0 Å². The maximum absolute atomic E-state index is 4.98. The Morgan fingerprint density at radius 2 is 0.843 bits per heavy atom. The second-order valence-electron chi connectivity index (χ2n) is 13.4. The first kappa shape index (κ1) is 30.3. The third-order valence-electron chi connectivity index (χ3n) is 10.5. The zero-order valence-electron chi connectivity index (χ0n) is 27.9. The van der Waals surface area contributed by atoms with Crippen LogP contribution in [0.3, 0.4) is 0 Å². The Hall–Kier alpha value is -5.50. The van der Waals surface area contributed by atoms with Gasteiger partial charge in [-0.25, -0.2) is 0 Å². The molecule has 2 heterocycles. The van der Waals surface area contributed by atoms with Crippen molar-refractivity contribution in [1.82, 2.24) is 9.97 Å². The summed E-state index contributed by atoms with van der Waals surface area (Å²) >= 11 is -1.36. The summed E-state index contributed by atoms with van der Waals surface area (Å²) in [5, 5.41) is 5.06. The molecule has 2 aromatic heterocycles. The third kappa shape index (κ3) is 5.36. The average molecular weight is 728 g/mol. The van der Waals surface area contributed by atoms with E-state index in [0.29, 0.717) is 0 Å². The molecule has 3 heteroatoms. The van der Waals surface area contributed by atoms with Crippen LogP contribution < -0.4 is 0 Å². The molecule has 2 aliphatic carbocycles. The van der Waals surface area contributed by atoms with E-state index in [1.165, 1.54) is 72.6 Å². The van der Waals surface area contributed by atoms with E-state index in [-0.39, 0.29) is 11.8 Å². The van der Waals surface area contributed by atoms with Gasteiger partial charge in [0.15, 0.2) is 0 Å².